The molecule has 19 heavy (non-hydrogen) atoms. The highest BCUT2D eigenvalue weighted by Crippen LogP contribution is 2.21. The lowest BCUT2D eigenvalue weighted by atomic mass is 10.1. The monoisotopic (exact) mass is 256 g/mol. The maximum absolute atomic E-state index is 10.7. The second-order valence-corrected chi connectivity index (χ2v) is 4.04. The van der Waals surface area contributed by atoms with Gasteiger partial charge in [0.15, 0.2) is 0 Å². The molecule has 0 unspecified atom stereocenters. The molecule has 0 saturated heterocycles. The van der Waals surface area contributed by atoms with Crippen molar-refractivity contribution in [3.8, 4) is 11.5 Å². The van der Waals surface area contributed by atoms with E-state index in [9.17, 15) is 15.0 Å². The number of phenols is 2. The van der Waals surface area contributed by atoms with Crippen molar-refractivity contribution in [2.24, 2.45) is 0 Å². The molecule has 0 aliphatic rings. The van der Waals surface area contributed by atoms with Crippen LogP contribution in [-0.4, -0.2) is 21.3 Å². The summed E-state index contributed by atoms with van der Waals surface area (Å²) in [4.78, 5) is 10.7. The van der Waals surface area contributed by atoms with Gasteiger partial charge in [-0.1, -0.05) is 24.3 Å². The lowest BCUT2D eigenvalue weighted by Gasteiger charge is -1.99. The number of carboxylic acid groups (broad SMARTS) is 1. The molecule has 0 atom stereocenters. The van der Waals surface area contributed by atoms with E-state index in [4.69, 9.17) is 5.11 Å². The molecule has 0 fully saturated rings. The first-order chi connectivity index (χ1) is 9.04. The van der Waals surface area contributed by atoms with Gasteiger partial charge < -0.3 is 15.3 Å². The Morgan fingerprint density at radius 1 is 0.842 bits per heavy atom. The first-order valence-electron chi connectivity index (χ1n) is 5.59. The molecule has 0 amide bonds. The summed E-state index contributed by atoms with van der Waals surface area (Å²) in [5.74, 6) is -0.991. The Balaban J connectivity index is 2.20. The molecule has 0 aliphatic heterocycles. The van der Waals surface area contributed by atoms with Gasteiger partial charge in [-0.25, -0.2) is 4.79 Å². The number of carbonyl (C=O) groups is 1. The zero-order valence-corrected chi connectivity index (χ0v) is 9.95. The first-order valence-corrected chi connectivity index (χ1v) is 5.59. The normalized spacial score (nSPS) is 10.7. The topological polar surface area (TPSA) is 77.8 Å². The van der Waals surface area contributed by atoms with Crippen LogP contribution in [0.1, 0.15) is 21.5 Å². The Kier molecular flexibility index (Phi) is 3.52. The molecule has 2 rings (SSSR count). The Morgan fingerprint density at radius 2 is 1.37 bits per heavy atom. The zero-order chi connectivity index (χ0) is 13.8. The molecule has 4 heteroatoms. The zero-order valence-electron chi connectivity index (χ0n) is 9.95. The number of carboxylic acids is 1. The average Bonchev–Trinajstić information content (AvgIpc) is 2.36. The van der Waals surface area contributed by atoms with Crippen molar-refractivity contribution in [1.82, 2.24) is 0 Å². The van der Waals surface area contributed by atoms with Gasteiger partial charge in [-0.3, -0.25) is 0 Å². The molecule has 96 valence electrons. The van der Waals surface area contributed by atoms with Crippen LogP contribution in [0, 0.1) is 0 Å². The van der Waals surface area contributed by atoms with Gasteiger partial charge in [0.05, 0.1) is 5.56 Å². The molecule has 0 radical (unpaired) electrons. The van der Waals surface area contributed by atoms with Gasteiger partial charge >= 0.3 is 5.97 Å². The van der Waals surface area contributed by atoms with Crippen LogP contribution >= 0.6 is 0 Å². The molecule has 0 aliphatic carbocycles. The van der Waals surface area contributed by atoms with Gasteiger partial charge in [-0.15, -0.1) is 0 Å². The fourth-order valence-electron chi connectivity index (χ4n) is 1.64. The summed E-state index contributed by atoms with van der Waals surface area (Å²) in [6, 6.07) is 10.7. The van der Waals surface area contributed by atoms with E-state index in [1.165, 1.54) is 30.3 Å². The Labute approximate surface area is 109 Å². The fraction of sp³-hybridized carbons (Fsp3) is 0. The molecule has 3 N–H and O–H groups in total. The number of phenolic OH excluding ortho intramolecular Hbond substituents is 2. The summed E-state index contributed by atoms with van der Waals surface area (Å²) in [6.45, 7) is 0. The van der Waals surface area contributed by atoms with E-state index in [0.29, 0.717) is 5.56 Å². The van der Waals surface area contributed by atoms with Crippen molar-refractivity contribution in [3.63, 3.8) is 0 Å². The van der Waals surface area contributed by atoms with Crippen LogP contribution in [0.5, 0.6) is 11.5 Å². The van der Waals surface area contributed by atoms with Crippen molar-refractivity contribution < 1.29 is 20.1 Å². The van der Waals surface area contributed by atoms with Crippen molar-refractivity contribution in [3.05, 3.63) is 59.2 Å². The van der Waals surface area contributed by atoms with Gasteiger partial charge in [0.1, 0.15) is 11.5 Å². The molecule has 0 spiro atoms. The Bertz CT molecular complexity index is 607. The number of rotatable bonds is 3. The number of hydrogen-bond acceptors (Lipinski definition) is 3. The minimum Gasteiger partial charge on any atom is -0.508 e. The molecule has 2 aromatic rings. The number of aromatic carboxylic acids is 1. The molecule has 4 nitrogen and oxygen atoms in total. The summed E-state index contributed by atoms with van der Waals surface area (Å²) in [7, 11) is 0. The van der Waals surface area contributed by atoms with Crippen molar-refractivity contribution in [1.29, 1.82) is 0 Å². The van der Waals surface area contributed by atoms with Crippen LogP contribution in [0.4, 0.5) is 0 Å². The summed E-state index contributed by atoms with van der Waals surface area (Å²) in [6.07, 6.45) is 3.48. The minimum atomic E-state index is -0.964. The number of hydrogen-bond donors (Lipinski definition) is 3. The summed E-state index contributed by atoms with van der Waals surface area (Å²) >= 11 is 0. The first kappa shape index (κ1) is 12.7. The summed E-state index contributed by atoms with van der Waals surface area (Å²) in [5.41, 5.74) is 1.71. The quantitative estimate of drug-likeness (QED) is 0.738. The second kappa shape index (κ2) is 5.27. The molecular weight excluding hydrogens is 244 g/mol. The fourth-order valence-corrected chi connectivity index (χ4v) is 1.64. The largest absolute Gasteiger partial charge is 0.508 e. The predicted octanol–water partition coefficient (Wildman–Crippen LogP) is 2.97. The van der Waals surface area contributed by atoms with Crippen LogP contribution in [0.3, 0.4) is 0 Å². The summed E-state index contributed by atoms with van der Waals surface area (Å²) in [5, 5.41) is 27.4. The second-order valence-electron chi connectivity index (χ2n) is 4.04. The smallest absolute Gasteiger partial charge is 0.335 e. The van der Waals surface area contributed by atoms with Crippen molar-refractivity contribution >= 4 is 18.1 Å². The minimum absolute atomic E-state index is 0.0131. The molecule has 2 aromatic carbocycles. The van der Waals surface area contributed by atoms with Crippen LogP contribution in [-0.2, 0) is 0 Å². The third-order valence-corrected chi connectivity index (χ3v) is 2.55. The maximum atomic E-state index is 10.7. The van der Waals surface area contributed by atoms with Gasteiger partial charge in [-0.2, -0.15) is 0 Å². The number of benzene rings is 2. The van der Waals surface area contributed by atoms with E-state index in [1.54, 1.807) is 24.3 Å². The third kappa shape index (κ3) is 3.35. The van der Waals surface area contributed by atoms with E-state index < -0.39 is 5.97 Å². The van der Waals surface area contributed by atoms with Crippen LogP contribution in [0.2, 0.25) is 0 Å². The molecule has 0 saturated carbocycles. The molecule has 0 aromatic heterocycles. The Hall–Kier alpha value is -2.75. The molecule has 0 bridgehead atoms. The predicted molar refractivity (Wildman–Crippen MR) is 72.1 cm³/mol. The van der Waals surface area contributed by atoms with E-state index >= 15 is 0 Å². The Morgan fingerprint density at radius 3 is 1.89 bits per heavy atom. The van der Waals surface area contributed by atoms with E-state index in [1.807, 2.05) is 0 Å². The van der Waals surface area contributed by atoms with E-state index in [2.05, 4.69) is 0 Å². The van der Waals surface area contributed by atoms with Crippen LogP contribution in [0.25, 0.3) is 12.2 Å². The highest BCUT2D eigenvalue weighted by molar-refractivity contribution is 5.88. The lowest BCUT2D eigenvalue weighted by molar-refractivity contribution is 0.0697. The molecule has 0 heterocycles. The van der Waals surface area contributed by atoms with Gasteiger partial charge in [0.2, 0.25) is 0 Å². The van der Waals surface area contributed by atoms with Gasteiger partial charge in [-0.05, 0) is 35.4 Å². The highest BCUT2D eigenvalue weighted by atomic mass is 16.4. The SMILES string of the molecule is O=C(O)c1ccc(C=Cc2cc(O)cc(O)c2)cc1. The third-order valence-electron chi connectivity index (χ3n) is 2.55. The van der Waals surface area contributed by atoms with Crippen LogP contribution < -0.4 is 0 Å². The van der Waals surface area contributed by atoms with Crippen LogP contribution in [0.15, 0.2) is 42.5 Å². The lowest BCUT2D eigenvalue weighted by Crippen LogP contribution is -1.94. The standard InChI is InChI=1S/C15H12O4/c16-13-7-11(8-14(17)9-13)2-1-10-3-5-12(6-4-10)15(18)19/h1-9,16-17H,(H,18,19). The van der Waals surface area contributed by atoms with Gasteiger partial charge in [0.25, 0.3) is 0 Å². The van der Waals surface area contributed by atoms with Gasteiger partial charge in [0, 0.05) is 6.07 Å². The average molecular weight is 256 g/mol. The number of aromatic hydroxyl groups is 2. The summed E-state index contributed by atoms with van der Waals surface area (Å²) < 4.78 is 0. The van der Waals surface area contributed by atoms with E-state index in [0.717, 1.165) is 5.56 Å². The van der Waals surface area contributed by atoms with Crippen molar-refractivity contribution in [2.45, 2.75) is 0 Å². The van der Waals surface area contributed by atoms with Crippen molar-refractivity contribution in [2.75, 3.05) is 0 Å². The maximum Gasteiger partial charge on any atom is 0.335 e. The van der Waals surface area contributed by atoms with E-state index in [-0.39, 0.29) is 17.1 Å². The highest BCUT2D eigenvalue weighted by Gasteiger charge is 2.00. The molecular formula is C15H12O4.